The van der Waals surface area contributed by atoms with Crippen LogP contribution in [-0.2, 0) is 12.6 Å². The summed E-state index contributed by atoms with van der Waals surface area (Å²) in [6.45, 7) is 4.40. The molecule has 0 aliphatic carbocycles. The van der Waals surface area contributed by atoms with E-state index >= 15 is 0 Å². The fourth-order valence-corrected chi connectivity index (χ4v) is 2.89. The molecule has 2 aromatic rings. The normalized spacial score (nSPS) is 11.5. The summed E-state index contributed by atoms with van der Waals surface area (Å²) < 4.78 is 44.9. The molecule has 0 saturated heterocycles. The van der Waals surface area contributed by atoms with Gasteiger partial charge in [0.2, 0.25) is 11.8 Å². The monoisotopic (exact) mass is 409 g/mol. The minimum absolute atomic E-state index is 0.0826. The number of halogens is 3. The lowest BCUT2D eigenvalue weighted by Gasteiger charge is -2.14. The molecular formula is C22H30F3N3O. The van der Waals surface area contributed by atoms with Crippen LogP contribution in [0.2, 0.25) is 0 Å². The molecule has 0 spiro atoms. The second-order valence-electron chi connectivity index (χ2n) is 7.10. The largest absolute Gasteiger partial charge is 0.477 e. The molecule has 0 radical (unpaired) electrons. The summed E-state index contributed by atoms with van der Waals surface area (Å²) in [5.74, 6) is -0.349. The smallest absolute Gasteiger partial charge is 0.423 e. The number of aryl methyl sites for hydroxylation is 1. The van der Waals surface area contributed by atoms with Crippen LogP contribution in [0.25, 0.3) is 0 Å². The zero-order valence-electron chi connectivity index (χ0n) is 17.2. The molecule has 2 rings (SSSR count). The summed E-state index contributed by atoms with van der Waals surface area (Å²) in [6.07, 6.45) is 4.59. The molecule has 1 N–H and O–H groups in total. The standard InChI is InChI=1S/C22H30F3N3O/c1-3-5-7-8-10-17-11-13-18(14-12-17)27-21-26-16-19(22(23,24)25)20(28-21)29-15-9-6-4-2/h11-14,16H,3-10,15H2,1-2H3,(H,26,27,28). The van der Waals surface area contributed by atoms with Crippen LogP contribution in [0.3, 0.4) is 0 Å². The molecule has 1 aromatic heterocycles. The van der Waals surface area contributed by atoms with Crippen molar-refractivity contribution in [3.8, 4) is 5.88 Å². The van der Waals surface area contributed by atoms with Gasteiger partial charge in [-0.2, -0.15) is 18.2 Å². The molecule has 0 amide bonds. The highest BCUT2D eigenvalue weighted by Crippen LogP contribution is 2.35. The van der Waals surface area contributed by atoms with E-state index in [-0.39, 0.29) is 12.6 Å². The number of aromatic nitrogens is 2. The van der Waals surface area contributed by atoms with Crippen LogP contribution in [0, 0.1) is 0 Å². The predicted molar refractivity (Wildman–Crippen MR) is 110 cm³/mol. The Balaban J connectivity index is 2.03. The van der Waals surface area contributed by atoms with Crippen molar-refractivity contribution in [1.82, 2.24) is 9.97 Å². The molecular weight excluding hydrogens is 379 g/mol. The summed E-state index contributed by atoms with van der Waals surface area (Å²) in [5, 5.41) is 2.96. The van der Waals surface area contributed by atoms with Gasteiger partial charge >= 0.3 is 6.18 Å². The van der Waals surface area contributed by atoms with Crippen molar-refractivity contribution in [1.29, 1.82) is 0 Å². The van der Waals surface area contributed by atoms with E-state index in [9.17, 15) is 13.2 Å². The number of ether oxygens (including phenoxy) is 1. The van der Waals surface area contributed by atoms with E-state index in [2.05, 4.69) is 22.2 Å². The molecule has 0 bridgehead atoms. The molecule has 4 nitrogen and oxygen atoms in total. The molecule has 0 saturated carbocycles. The maximum absolute atomic E-state index is 13.2. The molecule has 1 aromatic carbocycles. The molecule has 1 heterocycles. The zero-order chi connectivity index (χ0) is 21.1. The number of alkyl halides is 3. The summed E-state index contributed by atoms with van der Waals surface area (Å²) in [7, 11) is 0. The Morgan fingerprint density at radius 1 is 0.931 bits per heavy atom. The Morgan fingerprint density at radius 3 is 2.28 bits per heavy atom. The second kappa shape index (κ2) is 11.6. The highest BCUT2D eigenvalue weighted by atomic mass is 19.4. The fraction of sp³-hybridized carbons (Fsp3) is 0.545. The van der Waals surface area contributed by atoms with Crippen LogP contribution in [0.15, 0.2) is 30.5 Å². The van der Waals surface area contributed by atoms with Gasteiger partial charge in [0.25, 0.3) is 0 Å². The third-order valence-corrected chi connectivity index (χ3v) is 4.57. The second-order valence-corrected chi connectivity index (χ2v) is 7.10. The van der Waals surface area contributed by atoms with Gasteiger partial charge < -0.3 is 10.1 Å². The lowest BCUT2D eigenvalue weighted by molar-refractivity contribution is -0.139. The zero-order valence-corrected chi connectivity index (χ0v) is 17.2. The molecule has 29 heavy (non-hydrogen) atoms. The summed E-state index contributed by atoms with van der Waals surface area (Å²) >= 11 is 0. The quantitative estimate of drug-likeness (QED) is 0.386. The van der Waals surface area contributed by atoms with Crippen molar-refractivity contribution < 1.29 is 17.9 Å². The van der Waals surface area contributed by atoms with Gasteiger partial charge in [0.15, 0.2) is 0 Å². The van der Waals surface area contributed by atoms with Crippen LogP contribution >= 0.6 is 0 Å². The van der Waals surface area contributed by atoms with Crippen LogP contribution in [-0.4, -0.2) is 16.6 Å². The highest BCUT2D eigenvalue weighted by molar-refractivity contribution is 5.54. The predicted octanol–water partition coefficient (Wildman–Crippen LogP) is 6.93. The molecule has 0 unspecified atom stereocenters. The SMILES string of the molecule is CCCCCCc1ccc(Nc2ncc(C(F)(F)F)c(OCCCCC)n2)cc1. The minimum atomic E-state index is -4.56. The van der Waals surface area contributed by atoms with Gasteiger partial charge in [-0.25, -0.2) is 4.98 Å². The Hall–Kier alpha value is -2.31. The lowest BCUT2D eigenvalue weighted by atomic mass is 10.1. The van der Waals surface area contributed by atoms with E-state index < -0.39 is 17.6 Å². The van der Waals surface area contributed by atoms with Crippen molar-refractivity contribution in [3.63, 3.8) is 0 Å². The van der Waals surface area contributed by atoms with E-state index in [0.29, 0.717) is 6.42 Å². The lowest BCUT2D eigenvalue weighted by Crippen LogP contribution is -2.13. The first-order chi connectivity index (χ1) is 13.9. The van der Waals surface area contributed by atoms with Gasteiger partial charge in [-0.3, -0.25) is 0 Å². The Labute approximate surface area is 170 Å². The maximum Gasteiger partial charge on any atom is 0.423 e. The number of rotatable bonds is 12. The fourth-order valence-electron chi connectivity index (χ4n) is 2.89. The van der Waals surface area contributed by atoms with E-state index in [0.717, 1.165) is 37.6 Å². The molecule has 160 valence electrons. The van der Waals surface area contributed by atoms with Gasteiger partial charge in [-0.05, 0) is 37.0 Å². The van der Waals surface area contributed by atoms with Gasteiger partial charge in [0.1, 0.15) is 5.56 Å². The van der Waals surface area contributed by atoms with Crippen molar-refractivity contribution in [2.45, 2.75) is 71.4 Å². The summed E-state index contributed by atoms with van der Waals surface area (Å²) in [5.41, 5.74) is 1.00. The molecule has 7 heteroatoms. The number of hydrogen-bond acceptors (Lipinski definition) is 4. The molecule has 0 fully saturated rings. The van der Waals surface area contributed by atoms with Crippen LogP contribution in [0.5, 0.6) is 5.88 Å². The van der Waals surface area contributed by atoms with Gasteiger partial charge in [0.05, 0.1) is 6.61 Å². The first kappa shape index (κ1) is 23.0. The third kappa shape index (κ3) is 7.91. The van der Waals surface area contributed by atoms with E-state index in [1.165, 1.54) is 24.8 Å². The Bertz CT molecular complexity index is 733. The summed E-state index contributed by atoms with van der Waals surface area (Å²) in [6, 6.07) is 7.80. The topological polar surface area (TPSA) is 47.0 Å². The number of benzene rings is 1. The van der Waals surface area contributed by atoms with E-state index in [1.54, 1.807) is 0 Å². The minimum Gasteiger partial charge on any atom is -0.477 e. The number of nitrogens with zero attached hydrogens (tertiary/aromatic N) is 2. The first-order valence-electron chi connectivity index (χ1n) is 10.4. The summed E-state index contributed by atoms with van der Waals surface area (Å²) in [4.78, 5) is 7.78. The Kier molecular flexibility index (Phi) is 9.22. The van der Waals surface area contributed by atoms with Gasteiger partial charge in [-0.1, -0.05) is 58.1 Å². The van der Waals surface area contributed by atoms with Gasteiger partial charge in [0, 0.05) is 11.9 Å². The maximum atomic E-state index is 13.2. The Morgan fingerprint density at radius 2 is 1.62 bits per heavy atom. The van der Waals surface area contributed by atoms with Crippen molar-refractivity contribution in [2.24, 2.45) is 0 Å². The van der Waals surface area contributed by atoms with Crippen molar-refractivity contribution >= 4 is 11.6 Å². The molecule has 0 aliphatic heterocycles. The number of unbranched alkanes of at least 4 members (excludes halogenated alkanes) is 5. The number of hydrogen-bond donors (Lipinski definition) is 1. The van der Waals surface area contributed by atoms with Crippen LogP contribution in [0.1, 0.15) is 69.9 Å². The first-order valence-corrected chi connectivity index (χ1v) is 10.4. The number of anilines is 2. The molecule has 0 aliphatic rings. The van der Waals surface area contributed by atoms with Crippen LogP contribution < -0.4 is 10.1 Å². The van der Waals surface area contributed by atoms with Gasteiger partial charge in [-0.15, -0.1) is 0 Å². The highest BCUT2D eigenvalue weighted by Gasteiger charge is 2.36. The van der Waals surface area contributed by atoms with E-state index in [1.807, 2.05) is 31.2 Å². The average Bonchev–Trinajstić information content (AvgIpc) is 2.69. The molecule has 0 atom stereocenters. The van der Waals surface area contributed by atoms with E-state index in [4.69, 9.17) is 4.74 Å². The average molecular weight is 409 g/mol. The van der Waals surface area contributed by atoms with Crippen molar-refractivity contribution in [2.75, 3.05) is 11.9 Å². The van der Waals surface area contributed by atoms with Crippen LogP contribution in [0.4, 0.5) is 24.8 Å². The number of nitrogens with one attached hydrogen (secondary N) is 1. The third-order valence-electron chi connectivity index (χ3n) is 4.57. The van der Waals surface area contributed by atoms with Crippen molar-refractivity contribution in [3.05, 3.63) is 41.6 Å².